The van der Waals surface area contributed by atoms with E-state index >= 15 is 0 Å². The van der Waals surface area contributed by atoms with E-state index < -0.39 is 0 Å². The number of fused-ring (bicyclic) bond motifs is 1. The Hall–Kier alpha value is -3.40. The molecule has 3 aromatic carbocycles. The topological polar surface area (TPSA) is 38.1 Å². The van der Waals surface area contributed by atoms with Crippen molar-refractivity contribution in [3.05, 3.63) is 84.4 Å². The van der Waals surface area contributed by atoms with Gasteiger partial charge in [-0.3, -0.25) is 4.79 Å². The summed E-state index contributed by atoms with van der Waals surface area (Å²) >= 11 is 0. The van der Waals surface area contributed by atoms with E-state index in [1.54, 1.807) is 0 Å². The molecule has 146 valence electrons. The number of benzene rings is 3. The maximum atomic E-state index is 13.4. The molecule has 29 heavy (non-hydrogen) atoms. The maximum Gasteiger partial charge on any atom is 0.247 e. The third kappa shape index (κ3) is 3.66. The van der Waals surface area contributed by atoms with E-state index in [2.05, 4.69) is 19.1 Å². The van der Waals surface area contributed by atoms with Crippen LogP contribution in [-0.4, -0.2) is 21.5 Å². The molecule has 1 amide bonds. The Morgan fingerprint density at radius 1 is 0.931 bits per heavy atom. The number of aromatic nitrogens is 2. The first-order chi connectivity index (χ1) is 14.1. The molecule has 0 saturated heterocycles. The molecule has 1 heterocycles. The third-order valence-corrected chi connectivity index (χ3v) is 5.15. The number of anilines is 1. The smallest absolute Gasteiger partial charge is 0.247 e. The SMILES string of the molecule is Cc1ccccc1-c1nc2ccccc2n1CC(=O)N(c1ccccc1)C(C)C. The molecule has 4 nitrogen and oxygen atoms in total. The van der Waals surface area contributed by atoms with Gasteiger partial charge in [-0.15, -0.1) is 0 Å². The lowest BCUT2D eigenvalue weighted by Gasteiger charge is -2.27. The molecular formula is C25H25N3O. The van der Waals surface area contributed by atoms with Crippen LogP contribution in [0.15, 0.2) is 78.9 Å². The molecule has 0 saturated carbocycles. The van der Waals surface area contributed by atoms with E-state index in [0.717, 1.165) is 33.7 Å². The Morgan fingerprint density at radius 3 is 2.31 bits per heavy atom. The van der Waals surface area contributed by atoms with Crippen LogP contribution in [0.2, 0.25) is 0 Å². The van der Waals surface area contributed by atoms with Crippen LogP contribution in [0.25, 0.3) is 22.4 Å². The fourth-order valence-corrected chi connectivity index (χ4v) is 3.80. The van der Waals surface area contributed by atoms with Gasteiger partial charge >= 0.3 is 0 Å². The molecular weight excluding hydrogens is 358 g/mol. The fraction of sp³-hybridized carbons (Fsp3) is 0.200. The van der Waals surface area contributed by atoms with Gasteiger partial charge in [0, 0.05) is 17.3 Å². The number of rotatable bonds is 5. The first kappa shape index (κ1) is 18.9. The van der Waals surface area contributed by atoms with Gasteiger partial charge in [0.25, 0.3) is 0 Å². The van der Waals surface area contributed by atoms with E-state index in [9.17, 15) is 4.79 Å². The molecule has 0 radical (unpaired) electrons. The van der Waals surface area contributed by atoms with E-state index in [1.165, 1.54) is 0 Å². The van der Waals surface area contributed by atoms with Crippen LogP contribution in [-0.2, 0) is 11.3 Å². The van der Waals surface area contributed by atoms with Gasteiger partial charge in [0.15, 0.2) is 0 Å². The van der Waals surface area contributed by atoms with Gasteiger partial charge < -0.3 is 9.47 Å². The summed E-state index contributed by atoms with van der Waals surface area (Å²) in [4.78, 5) is 20.2. The Kier molecular flexibility index (Phi) is 5.17. The van der Waals surface area contributed by atoms with E-state index in [0.29, 0.717) is 0 Å². The predicted molar refractivity (Wildman–Crippen MR) is 119 cm³/mol. The Balaban J connectivity index is 1.80. The zero-order valence-electron chi connectivity index (χ0n) is 17.0. The highest BCUT2D eigenvalue weighted by atomic mass is 16.2. The molecule has 0 atom stereocenters. The van der Waals surface area contributed by atoms with Crippen LogP contribution < -0.4 is 4.90 Å². The minimum absolute atomic E-state index is 0.0455. The van der Waals surface area contributed by atoms with Crippen molar-refractivity contribution < 1.29 is 4.79 Å². The van der Waals surface area contributed by atoms with Crippen LogP contribution in [0.3, 0.4) is 0 Å². The highest BCUT2D eigenvalue weighted by molar-refractivity contribution is 5.95. The van der Waals surface area contributed by atoms with Gasteiger partial charge in [0.1, 0.15) is 12.4 Å². The van der Waals surface area contributed by atoms with Crippen LogP contribution >= 0.6 is 0 Å². The third-order valence-electron chi connectivity index (χ3n) is 5.15. The number of nitrogens with zero attached hydrogens (tertiary/aromatic N) is 3. The first-order valence-electron chi connectivity index (χ1n) is 9.94. The van der Waals surface area contributed by atoms with E-state index in [-0.39, 0.29) is 18.5 Å². The number of para-hydroxylation sites is 3. The largest absolute Gasteiger partial charge is 0.314 e. The van der Waals surface area contributed by atoms with Gasteiger partial charge in [-0.05, 0) is 50.6 Å². The van der Waals surface area contributed by atoms with Crippen molar-refractivity contribution in [2.24, 2.45) is 0 Å². The maximum absolute atomic E-state index is 13.4. The summed E-state index contributed by atoms with van der Waals surface area (Å²) in [6.07, 6.45) is 0. The molecule has 4 aromatic rings. The molecule has 0 aliphatic carbocycles. The molecule has 1 aromatic heterocycles. The van der Waals surface area contributed by atoms with Crippen molar-refractivity contribution in [2.45, 2.75) is 33.4 Å². The lowest BCUT2D eigenvalue weighted by atomic mass is 10.1. The molecule has 0 spiro atoms. The molecule has 4 heteroatoms. The summed E-state index contributed by atoms with van der Waals surface area (Å²) in [6, 6.07) is 26.1. The summed E-state index contributed by atoms with van der Waals surface area (Å²) in [6.45, 7) is 6.39. The normalized spacial score (nSPS) is 11.2. The van der Waals surface area contributed by atoms with E-state index in [4.69, 9.17) is 4.98 Å². The number of carbonyl (C=O) groups excluding carboxylic acids is 1. The van der Waals surface area contributed by atoms with Crippen LogP contribution in [0.5, 0.6) is 0 Å². The van der Waals surface area contributed by atoms with Crippen LogP contribution in [0.1, 0.15) is 19.4 Å². The van der Waals surface area contributed by atoms with Gasteiger partial charge in [0.05, 0.1) is 11.0 Å². The van der Waals surface area contributed by atoms with Crippen molar-refractivity contribution in [1.29, 1.82) is 0 Å². The van der Waals surface area contributed by atoms with Gasteiger partial charge in [0.2, 0.25) is 5.91 Å². The van der Waals surface area contributed by atoms with Crippen molar-refractivity contribution in [3.63, 3.8) is 0 Å². The quantitative estimate of drug-likeness (QED) is 0.459. The fourth-order valence-electron chi connectivity index (χ4n) is 3.80. The Morgan fingerprint density at radius 2 is 1.59 bits per heavy atom. The number of aryl methyl sites for hydroxylation is 1. The molecule has 0 aliphatic rings. The van der Waals surface area contributed by atoms with Crippen molar-refractivity contribution in [2.75, 3.05) is 4.90 Å². The average Bonchev–Trinajstić information content (AvgIpc) is 3.07. The molecule has 4 rings (SSSR count). The molecule has 0 aliphatic heterocycles. The molecule has 0 bridgehead atoms. The number of amides is 1. The van der Waals surface area contributed by atoms with Crippen molar-refractivity contribution in [3.8, 4) is 11.4 Å². The zero-order chi connectivity index (χ0) is 20.4. The highest BCUT2D eigenvalue weighted by Gasteiger charge is 2.22. The summed E-state index contributed by atoms with van der Waals surface area (Å²) in [5.41, 5.74) is 4.96. The Labute approximate surface area is 171 Å². The van der Waals surface area contributed by atoms with Crippen LogP contribution in [0.4, 0.5) is 5.69 Å². The number of hydrogen-bond acceptors (Lipinski definition) is 2. The minimum atomic E-state index is 0.0455. The summed E-state index contributed by atoms with van der Waals surface area (Å²) in [5.74, 6) is 0.874. The highest BCUT2D eigenvalue weighted by Crippen LogP contribution is 2.28. The van der Waals surface area contributed by atoms with Gasteiger partial charge in [-0.1, -0.05) is 54.6 Å². The summed E-state index contributed by atoms with van der Waals surface area (Å²) < 4.78 is 2.04. The number of hydrogen-bond donors (Lipinski definition) is 0. The second-order valence-electron chi connectivity index (χ2n) is 7.52. The zero-order valence-corrected chi connectivity index (χ0v) is 17.0. The van der Waals surface area contributed by atoms with Crippen LogP contribution in [0, 0.1) is 6.92 Å². The lowest BCUT2D eigenvalue weighted by molar-refractivity contribution is -0.119. The van der Waals surface area contributed by atoms with Gasteiger partial charge in [-0.2, -0.15) is 0 Å². The lowest BCUT2D eigenvalue weighted by Crippen LogP contribution is -2.39. The number of imidazole rings is 1. The van der Waals surface area contributed by atoms with Crippen molar-refractivity contribution in [1.82, 2.24) is 9.55 Å². The summed E-state index contributed by atoms with van der Waals surface area (Å²) in [5, 5.41) is 0. The standard InChI is InChI=1S/C25H25N3O/c1-18(2)28(20-12-5-4-6-13-20)24(29)17-27-23-16-10-9-15-22(23)26-25(27)21-14-8-7-11-19(21)3/h4-16,18H,17H2,1-3H3. The monoisotopic (exact) mass is 383 g/mol. The second kappa shape index (κ2) is 7.92. The first-order valence-corrected chi connectivity index (χ1v) is 9.94. The number of carbonyl (C=O) groups is 1. The average molecular weight is 383 g/mol. The molecule has 0 fully saturated rings. The van der Waals surface area contributed by atoms with Gasteiger partial charge in [-0.25, -0.2) is 4.98 Å². The predicted octanol–water partition coefficient (Wildman–Crippen LogP) is 5.45. The van der Waals surface area contributed by atoms with E-state index in [1.807, 2.05) is 90.0 Å². The Bertz CT molecular complexity index is 1150. The summed E-state index contributed by atoms with van der Waals surface area (Å²) in [7, 11) is 0. The minimum Gasteiger partial charge on any atom is -0.314 e. The molecule has 0 unspecified atom stereocenters. The second-order valence-corrected chi connectivity index (χ2v) is 7.52. The molecule has 0 N–H and O–H groups in total. The van der Waals surface area contributed by atoms with Crippen molar-refractivity contribution >= 4 is 22.6 Å².